The van der Waals surface area contributed by atoms with Gasteiger partial charge in [-0.15, -0.1) is 0 Å². The van der Waals surface area contributed by atoms with Gasteiger partial charge in [-0.2, -0.15) is 0 Å². The summed E-state index contributed by atoms with van der Waals surface area (Å²) < 4.78 is 0. The van der Waals surface area contributed by atoms with Gasteiger partial charge in [0.2, 0.25) is 0 Å². The third kappa shape index (κ3) is 0.641. The molecule has 0 fully saturated rings. The summed E-state index contributed by atoms with van der Waals surface area (Å²) in [4.78, 5) is 2.05. The van der Waals surface area contributed by atoms with E-state index in [0.717, 1.165) is 0 Å². The molecule has 0 aromatic heterocycles. The molecular formula is C7H11N. The molecule has 1 aliphatic heterocycles. The molecule has 0 saturated heterocycles. The maximum Gasteiger partial charge on any atom is 0.0165 e. The number of hydrogen-bond acceptors (Lipinski definition) is 1. The molecule has 0 aromatic carbocycles. The fourth-order valence-corrected chi connectivity index (χ4v) is 0.786. The summed E-state index contributed by atoms with van der Waals surface area (Å²) in [7, 11) is 2.02. The molecule has 0 N–H and O–H groups in total. The van der Waals surface area contributed by atoms with Crippen LogP contribution in [0.1, 0.15) is 6.92 Å². The smallest absolute Gasteiger partial charge is 0.0165 e. The molecule has 8 heavy (non-hydrogen) atoms. The van der Waals surface area contributed by atoms with Crippen LogP contribution in [-0.2, 0) is 0 Å². The second-order valence-corrected chi connectivity index (χ2v) is 2.23. The summed E-state index contributed by atoms with van der Waals surface area (Å²) in [5.74, 6) is 0.542. The van der Waals surface area contributed by atoms with E-state index in [1.807, 2.05) is 18.1 Å². The lowest BCUT2D eigenvalue weighted by Gasteiger charge is -2.11. The Morgan fingerprint density at radius 1 is 1.75 bits per heavy atom. The molecule has 1 unspecified atom stereocenters. The van der Waals surface area contributed by atoms with E-state index in [9.17, 15) is 0 Å². The quantitative estimate of drug-likeness (QED) is 0.456. The van der Waals surface area contributed by atoms with E-state index in [1.165, 1.54) is 5.70 Å². The van der Waals surface area contributed by atoms with Crippen LogP contribution < -0.4 is 0 Å². The molecule has 0 aliphatic carbocycles. The van der Waals surface area contributed by atoms with Crippen molar-refractivity contribution in [2.24, 2.45) is 5.92 Å². The molecule has 44 valence electrons. The maximum absolute atomic E-state index is 3.88. The summed E-state index contributed by atoms with van der Waals surface area (Å²) in [5.41, 5.74) is 1.19. The first-order chi connectivity index (χ1) is 3.72. The molecular weight excluding hydrogens is 98.1 g/mol. The van der Waals surface area contributed by atoms with Crippen LogP contribution in [0.15, 0.2) is 24.6 Å². The minimum Gasteiger partial charge on any atom is -0.355 e. The second kappa shape index (κ2) is 1.66. The van der Waals surface area contributed by atoms with Gasteiger partial charge in [-0.3, -0.25) is 0 Å². The molecule has 1 atom stereocenters. The van der Waals surface area contributed by atoms with Crippen LogP contribution in [0.2, 0.25) is 0 Å². The molecule has 0 amide bonds. The van der Waals surface area contributed by atoms with Crippen LogP contribution in [0.3, 0.4) is 0 Å². The average molecular weight is 109 g/mol. The Bertz CT molecular complexity index is 121. The van der Waals surface area contributed by atoms with Crippen molar-refractivity contribution in [3.8, 4) is 0 Å². The van der Waals surface area contributed by atoms with Crippen LogP contribution in [0, 0.1) is 5.92 Å². The van der Waals surface area contributed by atoms with Gasteiger partial charge in [-0.1, -0.05) is 19.6 Å². The van der Waals surface area contributed by atoms with Gasteiger partial charge in [0.15, 0.2) is 0 Å². The van der Waals surface area contributed by atoms with E-state index in [1.54, 1.807) is 0 Å². The molecule has 0 bridgehead atoms. The fraction of sp³-hybridized carbons (Fsp3) is 0.429. The lowest BCUT2D eigenvalue weighted by Crippen LogP contribution is -2.06. The van der Waals surface area contributed by atoms with Crippen LogP contribution in [0.5, 0.6) is 0 Å². The monoisotopic (exact) mass is 109 g/mol. The minimum atomic E-state index is 0.542. The van der Waals surface area contributed by atoms with E-state index in [0.29, 0.717) is 5.92 Å². The highest BCUT2D eigenvalue weighted by molar-refractivity contribution is 5.15. The standard InChI is InChI=1S/C7H11N/c1-6-4-5-8(3)7(6)2/h4-6H,2H2,1,3H3. The number of rotatable bonds is 0. The van der Waals surface area contributed by atoms with Crippen molar-refractivity contribution in [2.45, 2.75) is 6.92 Å². The first-order valence-electron chi connectivity index (χ1n) is 2.82. The number of hydrogen-bond donors (Lipinski definition) is 0. The highest BCUT2D eigenvalue weighted by Crippen LogP contribution is 2.19. The molecule has 1 heteroatoms. The molecule has 1 rings (SSSR count). The summed E-state index contributed by atoms with van der Waals surface area (Å²) >= 11 is 0. The summed E-state index contributed by atoms with van der Waals surface area (Å²) in [6, 6.07) is 0. The maximum atomic E-state index is 3.88. The fourth-order valence-electron chi connectivity index (χ4n) is 0.786. The molecule has 0 aromatic rings. The van der Waals surface area contributed by atoms with Gasteiger partial charge in [-0.25, -0.2) is 0 Å². The topological polar surface area (TPSA) is 3.24 Å². The van der Waals surface area contributed by atoms with Gasteiger partial charge in [0.05, 0.1) is 0 Å². The number of nitrogens with zero attached hydrogens (tertiary/aromatic N) is 1. The van der Waals surface area contributed by atoms with Crippen molar-refractivity contribution in [3.05, 3.63) is 24.6 Å². The van der Waals surface area contributed by atoms with Gasteiger partial charge < -0.3 is 4.90 Å². The van der Waals surface area contributed by atoms with E-state index in [-0.39, 0.29) is 0 Å². The van der Waals surface area contributed by atoms with Gasteiger partial charge in [0, 0.05) is 24.9 Å². The first kappa shape index (κ1) is 5.42. The SMILES string of the molecule is C=C1C(C)C=CN1C. The zero-order valence-corrected chi connectivity index (χ0v) is 5.39. The van der Waals surface area contributed by atoms with Crippen molar-refractivity contribution in [3.63, 3.8) is 0 Å². The van der Waals surface area contributed by atoms with E-state index < -0.39 is 0 Å². The Labute approximate surface area is 50.3 Å². The molecule has 1 aliphatic rings. The lowest BCUT2D eigenvalue weighted by atomic mass is 10.1. The molecule has 1 nitrogen and oxygen atoms in total. The highest BCUT2D eigenvalue weighted by Gasteiger charge is 2.11. The Kier molecular flexibility index (Phi) is 1.12. The minimum absolute atomic E-state index is 0.542. The predicted molar refractivity (Wildman–Crippen MR) is 35.2 cm³/mol. The molecule has 0 radical (unpaired) electrons. The lowest BCUT2D eigenvalue weighted by molar-refractivity contribution is 0.554. The summed E-state index contributed by atoms with van der Waals surface area (Å²) in [6.45, 7) is 6.02. The molecule has 0 spiro atoms. The zero-order chi connectivity index (χ0) is 6.15. The van der Waals surface area contributed by atoms with Crippen molar-refractivity contribution in [2.75, 3.05) is 7.05 Å². The van der Waals surface area contributed by atoms with Gasteiger partial charge in [0.25, 0.3) is 0 Å². The van der Waals surface area contributed by atoms with Gasteiger partial charge in [0.1, 0.15) is 0 Å². The van der Waals surface area contributed by atoms with Crippen LogP contribution in [0.25, 0.3) is 0 Å². The largest absolute Gasteiger partial charge is 0.355 e. The summed E-state index contributed by atoms with van der Waals surface area (Å²) in [5, 5.41) is 0. The average Bonchev–Trinajstić information content (AvgIpc) is 1.98. The van der Waals surface area contributed by atoms with Crippen LogP contribution in [-0.4, -0.2) is 11.9 Å². The van der Waals surface area contributed by atoms with Crippen LogP contribution in [0.4, 0.5) is 0 Å². The summed E-state index contributed by atoms with van der Waals surface area (Å²) in [6.07, 6.45) is 4.19. The van der Waals surface area contributed by atoms with Gasteiger partial charge in [-0.05, 0) is 0 Å². The Hall–Kier alpha value is -0.720. The van der Waals surface area contributed by atoms with Crippen molar-refractivity contribution < 1.29 is 0 Å². The second-order valence-electron chi connectivity index (χ2n) is 2.23. The Morgan fingerprint density at radius 3 is 2.50 bits per heavy atom. The zero-order valence-electron chi connectivity index (χ0n) is 5.39. The normalized spacial score (nSPS) is 27.5. The highest BCUT2D eigenvalue weighted by atomic mass is 15.1. The van der Waals surface area contributed by atoms with Crippen molar-refractivity contribution >= 4 is 0 Å². The van der Waals surface area contributed by atoms with Gasteiger partial charge >= 0.3 is 0 Å². The molecule has 0 saturated carbocycles. The number of allylic oxidation sites excluding steroid dienone is 1. The molecule has 1 heterocycles. The Balaban J connectivity index is 2.70. The Morgan fingerprint density at radius 2 is 2.38 bits per heavy atom. The predicted octanol–water partition coefficient (Wildman–Crippen LogP) is 1.60. The van der Waals surface area contributed by atoms with E-state index in [2.05, 4.69) is 19.6 Å². The van der Waals surface area contributed by atoms with Crippen molar-refractivity contribution in [1.29, 1.82) is 0 Å². The van der Waals surface area contributed by atoms with E-state index >= 15 is 0 Å². The van der Waals surface area contributed by atoms with E-state index in [4.69, 9.17) is 0 Å². The third-order valence-corrected chi connectivity index (χ3v) is 1.58. The first-order valence-corrected chi connectivity index (χ1v) is 2.82. The van der Waals surface area contributed by atoms with Crippen molar-refractivity contribution in [1.82, 2.24) is 4.90 Å². The van der Waals surface area contributed by atoms with Crippen LogP contribution >= 0.6 is 0 Å². The third-order valence-electron chi connectivity index (χ3n) is 1.58.